The van der Waals surface area contributed by atoms with Crippen LogP contribution in [0.3, 0.4) is 0 Å². The van der Waals surface area contributed by atoms with Crippen LogP contribution in [0.5, 0.6) is 0 Å². The second kappa shape index (κ2) is 8.19. The molecule has 6 nitrogen and oxygen atoms in total. The molecular formula is C22H24FN3O3. The lowest BCUT2D eigenvalue weighted by Gasteiger charge is -2.31. The molecule has 4 rings (SSSR count). The number of pyridine rings is 1. The molecule has 3 heterocycles. The fourth-order valence-corrected chi connectivity index (χ4v) is 4.01. The molecule has 29 heavy (non-hydrogen) atoms. The highest BCUT2D eigenvalue weighted by Crippen LogP contribution is 2.20. The van der Waals surface area contributed by atoms with E-state index < -0.39 is 0 Å². The first-order chi connectivity index (χ1) is 14.0. The average molecular weight is 397 g/mol. The summed E-state index contributed by atoms with van der Waals surface area (Å²) < 4.78 is 14.7. The second-order valence-electron chi connectivity index (χ2n) is 7.70. The van der Waals surface area contributed by atoms with Crippen LogP contribution in [0.25, 0.3) is 5.69 Å². The first kappa shape index (κ1) is 19.4. The zero-order valence-corrected chi connectivity index (χ0v) is 16.3. The number of carbonyl (C=O) groups is 2. The molecule has 2 aromatic rings. The van der Waals surface area contributed by atoms with Gasteiger partial charge in [0, 0.05) is 44.0 Å². The first-order valence-corrected chi connectivity index (χ1v) is 10.1. The number of rotatable bonds is 3. The number of hydrogen-bond donors (Lipinski definition) is 0. The van der Waals surface area contributed by atoms with Gasteiger partial charge in [-0.1, -0.05) is 6.42 Å². The van der Waals surface area contributed by atoms with Crippen molar-refractivity contribution in [3.63, 3.8) is 0 Å². The third-order valence-corrected chi connectivity index (χ3v) is 5.70. The van der Waals surface area contributed by atoms with Crippen LogP contribution in [0.1, 0.15) is 36.8 Å². The van der Waals surface area contributed by atoms with Crippen LogP contribution in [-0.2, 0) is 22.6 Å². The Morgan fingerprint density at radius 1 is 0.966 bits per heavy atom. The molecule has 0 spiro atoms. The normalized spacial score (nSPS) is 17.1. The van der Waals surface area contributed by atoms with Crippen LogP contribution in [0.2, 0.25) is 0 Å². The lowest BCUT2D eigenvalue weighted by atomic mass is 10.0. The Morgan fingerprint density at radius 2 is 1.76 bits per heavy atom. The molecule has 2 aliphatic heterocycles. The third kappa shape index (κ3) is 4.23. The molecule has 2 amide bonds. The van der Waals surface area contributed by atoms with Crippen LogP contribution < -0.4 is 5.56 Å². The van der Waals surface area contributed by atoms with Gasteiger partial charge in [0.2, 0.25) is 11.8 Å². The molecule has 0 aliphatic carbocycles. The van der Waals surface area contributed by atoms with Crippen LogP contribution in [-0.4, -0.2) is 45.8 Å². The maximum Gasteiger partial charge on any atom is 0.255 e. The van der Waals surface area contributed by atoms with Crippen molar-refractivity contribution in [1.29, 1.82) is 0 Å². The number of amides is 2. The number of halogens is 1. The van der Waals surface area contributed by atoms with Crippen molar-refractivity contribution in [2.24, 2.45) is 0 Å². The molecule has 0 N–H and O–H groups in total. The summed E-state index contributed by atoms with van der Waals surface area (Å²) in [6, 6.07) is 7.34. The molecule has 1 aromatic heterocycles. The first-order valence-electron chi connectivity index (χ1n) is 10.1. The highest BCUT2D eigenvalue weighted by Gasteiger charge is 2.26. The summed E-state index contributed by atoms with van der Waals surface area (Å²) in [6.07, 6.45) is 5.71. The zero-order valence-electron chi connectivity index (χ0n) is 16.3. The predicted molar refractivity (Wildman–Crippen MR) is 106 cm³/mol. The summed E-state index contributed by atoms with van der Waals surface area (Å²) in [5.41, 5.74) is 2.24. The number of nitrogens with zero attached hydrogens (tertiary/aromatic N) is 3. The Hall–Kier alpha value is -2.96. The van der Waals surface area contributed by atoms with Gasteiger partial charge in [0.25, 0.3) is 5.56 Å². The Morgan fingerprint density at radius 3 is 2.55 bits per heavy atom. The molecule has 152 valence electrons. The Labute approximate surface area is 168 Å². The quantitative estimate of drug-likeness (QED) is 0.798. The molecule has 0 saturated carbocycles. The van der Waals surface area contributed by atoms with Crippen LogP contribution in [0.4, 0.5) is 4.39 Å². The van der Waals surface area contributed by atoms with E-state index in [1.807, 2.05) is 0 Å². The highest BCUT2D eigenvalue weighted by molar-refractivity contribution is 5.85. The van der Waals surface area contributed by atoms with Gasteiger partial charge in [-0.2, -0.15) is 0 Å². The van der Waals surface area contributed by atoms with Crippen molar-refractivity contribution in [3.8, 4) is 5.69 Å². The fourth-order valence-electron chi connectivity index (χ4n) is 4.01. The van der Waals surface area contributed by atoms with E-state index in [2.05, 4.69) is 0 Å². The van der Waals surface area contributed by atoms with Crippen LogP contribution in [0.15, 0.2) is 41.3 Å². The van der Waals surface area contributed by atoms with E-state index in [1.54, 1.807) is 34.2 Å². The Balaban J connectivity index is 1.52. The maximum atomic E-state index is 13.2. The molecular weight excluding hydrogens is 373 g/mol. The molecule has 0 radical (unpaired) electrons. The monoisotopic (exact) mass is 397 g/mol. The molecule has 1 aromatic carbocycles. The number of aromatic nitrogens is 1. The molecule has 1 fully saturated rings. The van der Waals surface area contributed by atoms with Crippen LogP contribution in [0, 0.1) is 5.82 Å². The van der Waals surface area contributed by atoms with E-state index in [1.165, 1.54) is 16.7 Å². The Bertz CT molecular complexity index is 984. The van der Waals surface area contributed by atoms with Crippen LogP contribution >= 0.6 is 0 Å². The minimum atomic E-state index is -0.361. The summed E-state index contributed by atoms with van der Waals surface area (Å²) >= 11 is 0. The van der Waals surface area contributed by atoms with E-state index in [4.69, 9.17) is 0 Å². The second-order valence-corrected chi connectivity index (χ2v) is 7.70. The standard InChI is InChI=1S/C22H24FN3O3/c23-18-5-7-19(8-6-18)26-14-17-13-25(11-9-16(17)12-21(26)28)22(29)15-24-10-3-1-2-4-20(24)27/h5-8,12,14H,1-4,9-11,13,15H2. The Kier molecular flexibility index (Phi) is 5.47. The third-order valence-electron chi connectivity index (χ3n) is 5.70. The summed E-state index contributed by atoms with van der Waals surface area (Å²) in [5, 5.41) is 0. The van der Waals surface area contributed by atoms with Gasteiger partial charge in [-0.15, -0.1) is 0 Å². The lowest BCUT2D eigenvalue weighted by molar-refractivity contribution is -0.140. The fraction of sp³-hybridized carbons (Fsp3) is 0.409. The average Bonchev–Trinajstić information content (AvgIpc) is 2.92. The number of benzene rings is 1. The largest absolute Gasteiger partial charge is 0.336 e. The summed E-state index contributed by atoms with van der Waals surface area (Å²) in [4.78, 5) is 40.9. The molecule has 7 heteroatoms. The molecule has 0 bridgehead atoms. The van der Waals surface area contributed by atoms with Gasteiger partial charge in [-0.25, -0.2) is 4.39 Å². The summed E-state index contributed by atoms with van der Waals surface area (Å²) in [7, 11) is 0. The predicted octanol–water partition coefficient (Wildman–Crippen LogP) is 2.26. The van der Waals surface area contributed by atoms with E-state index in [-0.39, 0.29) is 29.7 Å². The summed E-state index contributed by atoms with van der Waals surface area (Å²) in [6.45, 7) is 1.69. The smallest absolute Gasteiger partial charge is 0.255 e. The topological polar surface area (TPSA) is 62.6 Å². The van der Waals surface area contributed by atoms with E-state index in [9.17, 15) is 18.8 Å². The molecule has 2 aliphatic rings. The van der Waals surface area contributed by atoms with Crippen molar-refractivity contribution < 1.29 is 14.0 Å². The number of carbonyl (C=O) groups excluding carboxylic acids is 2. The van der Waals surface area contributed by atoms with Gasteiger partial charge < -0.3 is 9.80 Å². The van der Waals surface area contributed by atoms with E-state index in [0.717, 1.165) is 30.4 Å². The zero-order chi connectivity index (χ0) is 20.4. The van der Waals surface area contributed by atoms with Gasteiger partial charge in [0.15, 0.2) is 0 Å². The maximum absolute atomic E-state index is 13.2. The summed E-state index contributed by atoms with van der Waals surface area (Å²) in [5.74, 6) is -0.372. The van der Waals surface area contributed by atoms with Crippen molar-refractivity contribution in [1.82, 2.24) is 14.4 Å². The van der Waals surface area contributed by atoms with E-state index in [0.29, 0.717) is 38.2 Å². The van der Waals surface area contributed by atoms with Gasteiger partial charge in [-0.3, -0.25) is 19.0 Å². The highest BCUT2D eigenvalue weighted by atomic mass is 19.1. The minimum Gasteiger partial charge on any atom is -0.336 e. The van der Waals surface area contributed by atoms with Gasteiger partial charge >= 0.3 is 0 Å². The molecule has 0 unspecified atom stereocenters. The van der Waals surface area contributed by atoms with Crippen molar-refractivity contribution in [2.75, 3.05) is 19.6 Å². The molecule has 1 saturated heterocycles. The van der Waals surface area contributed by atoms with Gasteiger partial charge in [-0.05, 0) is 54.7 Å². The van der Waals surface area contributed by atoms with Crippen molar-refractivity contribution in [3.05, 3.63) is 63.8 Å². The van der Waals surface area contributed by atoms with E-state index >= 15 is 0 Å². The number of fused-ring (bicyclic) bond motifs is 1. The van der Waals surface area contributed by atoms with Gasteiger partial charge in [0.1, 0.15) is 5.82 Å². The molecule has 0 atom stereocenters. The van der Waals surface area contributed by atoms with Crippen molar-refractivity contribution >= 4 is 11.8 Å². The number of hydrogen-bond acceptors (Lipinski definition) is 3. The number of likely N-dealkylation sites (tertiary alicyclic amines) is 1. The van der Waals surface area contributed by atoms with Crippen molar-refractivity contribution in [2.45, 2.75) is 38.6 Å². The SMILES string of the molecule is O=C1CCCCCN1CC(=O)N1CCc2cc(=O)n(-c3ccc(F)cc3)cc2C1. The lowest BCUT2D eigenvalue weighted by Crippen LogP contribution is -2.44. The minimum absolute atomic E-state index is 0.0541. The van der Waals surface area contributed by atoms with Gasteiger partial charge in [0.05, 0.1) is 6.54 Å².